The van der Waals surface area contributed by atoms with Crippen LogP contribution in [0.5, 0.6) is 0 Å². The smallest absolute Gasteiger partial charge is 0.319 e. The maximum absolute atomic E-state index is 13.2. The summed E-state index contributed by atoms with van der Waals surface area (Å²) in [6.07, 6.45) is 5.27. The van der Waals surface area contributed by atoms with Crippen molar-refractivity contribution in [1.29, 1.82) is 0 Å². The van der Waals surface area contributed by atoms with Gasteiger partial charge in [-0.05, 0) is 67.0 Å². The summed E-state index contributed by atoms with van der Waals surface area (Å²) in [5.41, 5.74) is 8.42. The van der Waals surface area contributed by atoms with Crippen molar-refractivity contribution in [3.63, 3.8) is 0 Å². The third kappa shape index (κ3) is 7.18. The van der Waals surface area contributed by atoms with Crippen LogP contribution in [0.4, 0.5) is 14.9 Å². The molecule has 1 fully saturated rings. The van der Waals surface area contributed by atoms with E-state index in [1.807, 2.05) is 43.4 Å². The molecular weight excluding hydrogens is 457 g/mol. The van der Waals surface area contributed by atoms with Gasteiger partial charge in [-0.2, -0.15) is 0 Å². The van der Waals surface area contributed by atoms with Gasteiger partial charge in [0.05, 0.1) is 0 Å². The molecule has 0 radical (unpaired) electrons. The Balaban J connectivity index is 1.27. The zero-order valence-corrected chi connectivity index (χ0v) is 21.4. The van der Waals surface area contributed by atoms with Crippen LogP contribution in [-0.2, 0) is 6.42 Å². The normalized spacial score (nSPS) is 20.0. The summed E-state index contributed by atoms with van der Waals surface area (Å²) >= 11 is 0. The maximum atomic E-state index is 13.2. The Morgan fingerprint density at radius 3 is 2.69 bits per heavy atom. The summed E-state index contributed by atoms with van der Waals surface area (Å²) in [7, 11) is 1.87. The fourth-order valence-electron chi connectivity index (χ4n) is 5.07. The summed E-state index contributed by atoms with van der Waals surface area (Å²) in [6.45, 7) is 6.17. The van der Waals surface area contributed by atoms with Gasteiger partial charge in [-0.15, -0.1) is 10.6 Å². The van der Waals surface area contributed by atoms with Gasteiger partial charge in [-0.25, -0.2) is 14.7 Å². The van der Waals surface area contributed by atoms with Crippen molar-refractivity contribution in [2.75, 3.05) is 25.5 Å². The van der Waals surface area contributed by atoms with Gasteiger partial charge in [-0.3, -0.25) is 5.01 Å². The third-order valence-corrected chi connectivity index (χ3v) is 6.91. The first-order valence-corrected chi connectivity index (χ1v) is 12.7. The average molecular weight is 496 g/mol. The molecular formula is C27H38FN7O. The monoisotopic (exact) mass is 495 g/mol. The van der Waals surface area contributed by atoms with Crippen LogP contribution in [0.3, 0.4) is 0 Å². The topological polar surface area (TPSA) is 92.8 Å². The van der Waals surface area contributed by atoms with Crippen molar-refractivity contribution in [3.05, 3.63) is 65.5 Å². The number of carbonyl (C=O) groups is 1. The minimum Gasteiger partial charge on any atom is -0.335 e. The number of rotatable bonds is 9. The number of hydrogen-bond donors (Lipinski definition) is 5. The predicted octanol–water partition coefficient (Wildman–Crippen LogP) is 3.98. The summed E-state index contributed by atoms with van der Waals surface area (Å²) in [6, 6.07) is 14.4. The fraction of sp³-hybridized carbons (Fsp3) is 0.481. The Kier molecular flexibility index (Phi) is 8.43. The Hall–Kier alpha value is -3.17. The molecule has 2 aromatic rings. The van der Waals surface area contributed by atoms with Gasteiger partial charge in [0.15, 0.2) is 5.84 Å². The number of nitrogens with zero attached hydrogens (tertiary/aromatic N) is 2. The molecule has 36 heavy (non-hydrogen) atoms. The second kappa shape index (κ2) is 11.7. The van der Waals surface area contributed by atoms with Crippen molar-refractivity contribution in [2.45, 2.75) is 52.0 Å². The molecule has 1 heterocycles. The van der Waals surface area contributed by atoms with E-state index in [4.69, 9.17) is 0 Å². The molecule has 1 aliphatic carbocycles. The van der Waals surface area contributed by atoms with E-state index in [9.17, 15) is 9.18 Å². The Labute approximate surface area is 213 Å². The van der Waals surface area contributed by atoms with Gasteiger partial charge >= 0.3 is 6.03 Å². The van der Waals surface area contributed by atoms with Crippen molar-refractivity contribution >= 4 is 17.6 Å². The van der Waals surface area contributed by atoms with Crippen molar-refractivity contribution in [1.82, 2.24) is 26.7 Å². The number of nitrogens with one attached hydrogen (secondary N) is 5. The molecule has 194 valence electrons. The lowest BCUT2D eigenvalue weighted by molar-refractivity contribution is 0.221. The molecule has 2 amide bonds. The molecule has 1 aliphatic heterocycles. The lowest BCUT2D eigenvalue weighted by Crippen LogP contribution is -2.48. The molecule has 1 saturated carbocycles. The average Bonchev–Trinajstić information content (AvgIpc) is 3.27. The first-order valence-electron chi connectivity index (χ1n) is 12.7. The van der Waals surface area contributed by atoms with Crippen LogP contribution in [0.15, 0.2) is 53.6 Å². The van der Waals surface area contributed by atoms with Gasteiger partial charge in [-0.1, -0.05) is 51.0 Å². The standard InChI is InChI=1S/C27H38FN7O/c1-27(2,16-19-11-13-22(28)14-12-19)18-29-17-21-7-4-5-10-24(21)31-26(36)30-23-9-6-8-20(15-23)25-32-33-34-35(25)3/h6,8-9,11-15,21,24,29,33-34H,4-5,7,10,16-18H2,1-3H3,(H2,30,31,36)/t21-,24+/m0/s1. The number of urea groups is 1. The van der Waals surface area contributed by atoms with Crippen LogP contribution in [0, 0.1) is 17.2 Å². The molecule has 0 unspecified atom stereocenters. The first kappa shape index (κ1) is 25.9. The van der Waals surface area contributed by atoms with Crippen LogP contribution < -0.4 is 27.0 Å². The molecule has 8 nitrogen and oxygen atoms in total. The SMILES string of the molecule is CN1NNN=C1c1cccc(NC(=O)N[C@@H]2CCCC[C@H]2CNCC(C)(C)Cc2ccc(F)cc2)c1. The number of hydrazone groups is 1. The highest BCUT2D eigenvalue weighted by Gasteiger charge is 2.27. The predicted molar refractivity (Wildman–Crippen MR) is 142 cm³/mol. The molecule has 0 saturated heterocycles. The lowest BCUT2D eigenvalue weighted by atomic mass is 9.83. The Bertz CT molecular complexity index is 1060. The Morgan fingerprint density at radius 2 is 1.94 bits per heavy atom. The van der Waals surface area contributed by atoms with Crippen molar-refractivity contribution < 1.29 is 9.18 Å². The van der Waals surface area contributed by atoms with Crippen LogP contribution in [0.25, 0.3) is 0 Å². The quantitative estimate of drug-likeness (QED) is 0.363. The van der Waals surface area contributed by atoms with Gasteiger partial charge in [0.25, 0.3) is 0 Å². The zero-order valence-electron chi connectivity index (χ0n) is 21.4. The van der Waals surface area contributed by atoms with Crippen LogP contribution in [0.1, 0.15) is 50.7 Å². The number of hydrogen-bond acceptors (Lipinski definition) is 6. The first-order chi connectivity index (χ1) is 17.3. The number of anilines is 1. The summed E-state index contributed by atoms with van der Waals surface area (Å²) in [5, 5.41) is 15.8. The van der Waals surface area contributed by atoms with Gasteiger partial charge < -0.3 is 16.0 Å². The van der Waals surface area contributed by atoms with E-state index in [1.165, 1.54) is 18.6 Å². The van der Waals surface area contributed by atoms with Gasteiger partial charge in [0, 0.05) is 30.9 Å². The molecule has 2 atom stereocenters. The molecule has 4 rings (SSSR count). The zero-order chi connectivity index (χ0) is 25.5. The molecule has 0 bridgehead atoms. The second-order valence-corrected chi connectivity index (χ2v) is 10.6. The van der Waals surface area contributed by atoms with E-state index in [2.05, 4.69) is 46.0 Å². The number of amidine groups is 1. The third-order valence-electron chi connectivity index (χ3n) is 6.91. The minimum absolute atomic E-state index is 0.0422. The summed E-state index contributed by atoms with van der Waals surface area (Å²) < 4.78 is 13.2. The van der Waals surface area contributed by atoms with Gasteiger partial charge in [0.1, 0.15) is 5.82 Å². The van der Waals surface area contributed by atoms with E-state index >= 15 is 0 Å². The minimum atomic E-state index is -0.201. The number of benzene rings is 2. The largest absolute Gasteiger partial charge is 0.335 e. The van der Waals surface area contributed by atoms with Crippen LogP contribution in [-0.4, -0.2) is 43.1 Å². The van der Waals surface area contributed by atoms with Gasteiger partial charge in [0.2, 0.25) is 0 Å². The summed E-state index contributed by atoms with van der Waals surface area (Å²) in [5.74, 6) is 0.934. The lowest BCUT2D eigenvalue weighted by Gasteiger charge is -2.34. The van der Waals surface area contributed by atoms with Crippen molar-refractivity contribution in [2.24, 2.45) is 16.4 Å². The molecule has 2 aliphatic rings. The van der Waals surface area contributed by atoms with Crippen LogP contribution in [0.2, 0.25) is 0 Å². The molecule has 9 heteroatoms. The fourth-order valence-corrected chi connectivity index (χ4v) is 5.07. The van der Waals surface area contributed by atoms with Crippen LogP contribution >= 0.6 is 0 Å². The highest BCUT2D eigenvalue weighted by molar-refractivity contribution is 6.00. The van der Waals surface area contributed by atoms with E-state index in [0.29, 0.717) is 5.92 Å². The maximum Gasteiger partial charge on any atom is 0.319 e. The van der Waals surface area contributed by atoms with Crippen molar-refractivity contribution in [3.8, 4) is 0 Å². The number of amides is 2. The highest BCUT2D eigenvalue weighted by Crippen LogP contribution is 2.26. The number of halogens is 1. The van der Waals surface area contributed by atoms with E-state index < -0.39 is 0 Å². The molecule has 5 N–H and O–H groups in total. The molecule has 0 aromatic heterocycles. The van der Waals surface area contributed by atoms with E-state index in [-0.39, 0.29) is 23.3 Å². The molecule has 2 aromatic carbocycles. The highest BCUT2D eigenvalue weighted by atomic mass is 19.1. The van der Waals surface area contributed by atoms with E-state index in [0.717, 1.165) is 61.4 Å². The van der Waals surface area contributed by atoms with E-state index in [1.54, 1.807) is 5.01 Å². The molecule has 0 spiro atoms. The summed E-state index contributed by atoms with van der Waals surface area (Å²) in [4.78, 5) is 12.8. The number of carbonyl (C=O) groups excluding carboxylic acids is 1. The second-order valence-electron chi connectivity index (χ2n) is 10.6. The number of hydrazine groups is 2. The Morgan fingerprint density at radius 1 is 1.17 bits per heavy atom.